The van der Waals surface area contributed by atoms with Crippen LogP contribution in [0.25, 0.3) is 16.8 Å². The van der Waals surface area contributed by atoms with E-state index in [0.717, 1.165) is 16.3 Å². The number of nitrogens with one attached hydrogen (secondary N) is 1. The van der Waals surface area contributed by atoms with Crippen LogP contribution >= 0.6 is 23.2 Å². The van der Waals surface area contributed by atoms with Crippen LogP contribution in [0, 0.1) is 11.3 Å². The number of rotatable bonds is 7. The molecule has 0 atom stereocenters. The molecule has 0 unspecified atom stereocenters. The zero-order valence-electron chi connectivity index (χ0n) is 19.6. The largest absolute Gasteiger partial charge is 0.488 e. The number of halogens is 2. The first-order valence-electron chi connectivity index (χ1n) is 11.1. The summed E-state index contributed by atoms with van der Waals surface area (Å²) in [6.45, 7) is 0.205. The van der Waals surface area contributed by atoms with Crippen LogP contribution in [0.1, 0.15) is 21.5 Å². The molecule has 8 heteroatoms. The van der Waals surface area contributed by atoms with Gasteiger partial charge in [0.05, 0.1) is 22.7 Å². The second-order valence-corrected chi connectivity index (χ2v) is 8.74. The zero-order valence-corrected chi connectivity index (χ0v) is 21.1. The van der Waals surface area contributed by atoms with Gasteiger partial charge in [0.1, 0.15) is 24.0 Å². The van der Waals surface area contributed by atoms with Gasteiger partial charge >= 0.3 is 5.97 Å². The van der Waals surface area contributed by atoms with E-state index in [-0.39, 0.29) is 12.2 Å². The molecule has 0 fully saturated rings. The average molecular weight is 531 g/mol. The highest BCUT2D eigenvalue weighted by molar-refractivity contribution is 6.42. The summed E-state index contributed by atoms with van der Waals surface area (Å²) in [6, 6.07) is 24.7. The van der Waals surface area contributed by atoms with Crippen molar-refractivity contribution in [1.82, 2.24) is 0 Å². The Morgan fingerprint density at radius 2 is 1.73 bits per heavy atom. The highest BCUT2D eigenvalue weighted by atomic mass is 35.5. The molecule has 37 heavy (non-hydrogen) atoms. The molecule has 4 aromatic carbocycles. The first-order chi connectivity index (χ1) is 17.9. The lowest BCUT2D eigenvalue weighted by molar-refractivity contribution is -0.112. The maximum absolute atomic E-state index is 13.0. The Morgan fingerprint density at radius 3 is 2.43 bits per heavy atom. The number of hydrogen-bond acceptors (Lipinski definition) is 5. The van der Waals surface area contributed by atoms with Crippen molar-refractivity contribution in [2.24, 2.45) is 0 Å². The van der Waals surface area contributed by atoms with Crippen LogP contribution in [0.15, 0.2) is 84.4 Å². The van der Waals surface area contributed by atoms with E-state index in [9.17, 15) is 14.9 Å². The van der Waals surface area contributed by atoms with Gasteiger partial charge in [-0.1, -0.05) is 59.6 Å². The molecule has 0 aliphatic heterocycles. The van der Waals surface area contributed by atoms with Gasteiger partial charge in [-0.05, 0) is 64.9 Å². The third-order valence-electron chi connectivity index (χ3n) is 5.53. The molecule has 1 amide bonds. The quantitative estimate of drug-likeness (QED) is 0.157. The average Bonchev–Trinajstić information content (AvgIpc) is 2.92. The van der Waals surface area contributed by atoms with E-state index in [1.807, 2.05) is 42.5 Å². The van der Waals surface area contributed by atoms with E-state index in [2.05, 4.69) is 10.1 Å². The number of nitriles is 1. The van der Waals surface area contributed by atoms with Crippen LogP contribution in [-0.4, -0.2) is 19.0 Å². The lowest BCUT2D eigenvalue weighted by Crippen LogP contribution is -2.13. The monoisotopic (exact) mass is 530 g/mol. The highest BCUT2D eigenvalue weighted by Crippen LogP contribution is 2.32. The molecule has 4 aromatic rings. The molecule has 0 radical (unpaired) electrons. The van der Waals surface area contributed by atoms with Crippen molar-refractivity contribution in [2.45, 2.75) is 6.61 Å². The van der Waals surface area contributed by atoms with Gasteiger partial charge in [0.2, 0.25) is 0 Å². The van der Waals surface area contributed by atoms with Crippen LogP contribution in [0.2, 0.25) is 10.0 Å². The molecule has 0 aliphatic rings. The van der Waals surface area contributed by atoms with Crippen LogP contribution in [-0.2, 0) is 16.1 Å². The van der Waals surface area contributed by atoms with Gasteiger partial charge in [-0.3, -0.25) is 4.79 Å². The van der Waals surface area contributed by atoms with Crippen LogP contribution in [0.3, 0.4) is 0 Å². The Labute approximate surface area is 223 Å². The predicted molar refractivity (Wildman–Crippen MR) is 145 cm³/mol. The fourth-order valence-electron chi connectivity index (χ4n) is 3.64. The molecule has 1 N–H and O–H groups in total. The first-order valence-corrected chi connectivity index (χ1v) is 11.8. The van der Waals surface area contributed by atoms with E-state index in [4.69, 9.17) is 27.9 Å². The Kier molecular flexibility index (Phi) is 8.09. The molecular weight excluding hydrogens is 511 g/mol. The Morgan fingerprint density at radius 1 is 0.973 bits per heavy atom. The maximum atomic E-state index is 13.0. The van der Waals surface area contributed by atoms with Crippen molar-refractivity contribution in [3.63, 3.8) is 0 Å². The highest BCUT2D eigenvalue weighted by Gasteiger charge is 2.15. The minimum absolute atomic E-state index is 0.118. The summed E-state index contributed by atoms with van der Waals surface area (Å²) in [6.07, 6.45) is 1.50. The van der Waals surface area contributed by atoms with Crippen molar-refractivity contribution < 1.29 is 19.1 Å². The molecule has 6 nitrogen and oxygen atoms in total. The van der Waals surface area contributed by atoms with Crippen molar-refractivity contribution in [3.8, 4) is 11.8 Å². The Bertz CT molecular complexity index is 1560. The van der Waals surface area contributed by atoms with E-state index >= 15 is 0 Å². The number of methoxy groups -OCH3 is 1. The molecule has 0 heterocycles. The number of hydrogen-bond donors (Lipinski definition) is 1. The lowest BCUT2D eigenvalue weighted by atomic mass is 10.0. The number of esters is 1. The number of fused-ring (bicyclic) bond motifs is 1. The minimum atomic E-state index is -0.600. The number of anilines is 1. The smallest absolute Gasteiger partial charge is 0.337 e. The maximum Gasteiger partial charge on any atom is 0.337 e. The SMILES string of the molecule is COC(=O)c1ccc(NC(=O)/C(C#N)=C/c2c(OCc3ccc(Cl)c(Cl)c3)ccc3ccccc23)cc1. The molecular formula is C29H20Cl2N2O4. The van der Waals surface area contributed by atoms with Crippen LogP contribution in [0.5, 0.6) is 5.75 Å². The summed E-state index contributed by atoms with van der Waals surface area (Å²) < 4.78 is 10.8. The van der Waals surface area contributed by atoms with Gasteiger partial charge in [0.25, 0.3) is 5.91 Å². The summed E-state index contributed by atoms with van der Waals surface area (Å²) in [5.74, 6) is -0.593. The normalized spacial score (nSPS) is 11.0. The van der Waals surface area contributed by atoms with Gasteiger partial charge in [-0.25, -0.2) is 4.79 Å². The molecule has 0 aromatic heterocycles. The topological polar surface area (TPSA) is 88.4 Å². The minimum Gasteiger partial charge on any atom is -0.488 e. The van der Waals surface area contributed by atoms with Gasteiger partial charge in [-0.2, -0.15) is 5.26 Å². The van der Waals surface area contributed by atoms with Crippen molar-refractivity contribution >= 4 is 57.6 Å². The van der Waals surface area contributed by atoms with Crippen molar-refractivity contribution in [2.75, 3.05) is 12.4 Å². The third-order valence-corrected chi connectivity index (χ3v) is 6.27. The number of carbonyl (C=O) groups is 2. The van der Waals surface area contributed by atoms with Gasteiger partial charge in [-0.15, -0.1) is 0 Å². The number of amides is 1. The van der Waals surface area contributed by atoms with E-state index in [0.29, 0.717) is 32.6 Å². The second-order valence-electron chi connectivity index (χ2n) is 7.93. The van der Waals surface area contributed by atoms with Crippen molar-refractivity contribution in [1.29, 1.82) is 5.26 Å². The molecule has 0 saturated heterocycles. The fourth-order valence-corrected chi connectivity index (χ4v) is 3.96. The molecule has 0 aliphatic carbocycles. The number of nitrogens with zero attached hydrogens (tertiary/aromatic N) is 1. The number of carbonyl (C=O) groups excluding carboxylic acids is 2. The Hall–Kier alpha value is -4.31. The molecule has 184 valence electrons. The molecule has 0 saturated carbocycles. The van der Waals surface area contributed by atoms with E-state index in [1.165, 1.54) is 25.3 Å². The van der Waals surface area contributed by atoms with Gasteiger partial charge < -0.3 is 14.8 Å². The van der Waals surface area contributed by atoms with Crippen LogP contribution < -0.4 is 10.1 Å². The lowest BCUT2D eigenvalue weighted by Gasteiger charge is -2.13. The van der Waals surface area contributed by atoms with Crippen LogP contribution in [0.4, 0.5) is 5.69 Å². The summed E-state index contributed by atoms with van der Waals surface area (Å²) in [4.78, 5) is 24.6. The van der Waals surface area contributed by atoms with E-state index < -0.39 is 11.9 Å². The summed E-state index contributed by atoms with van der Waals surface area (Å²) in [5.41, 5.74) is 2.05. The predicted octanol–water partition coefficient (Wildman–Crippen LogP) is 7.06. The molecule has 0 spiro atoms. The zero-order chi connectivity index (χ0) is 26.4. The van der Waals surface area contributed by atoms with Crippen molar-refractivity contribution in [3.05, 3.63) is 111 Å². The molecule has 0 bridgehead atoms. The summed E-state index contributed by atoms with van der Waals surface area (Å²) in [7, 11) is 1.29. The van der Waals surface area contributed by atoms with Gasteiger partial charge in [0, 0.05) is 11.3 Å². The van der Waals surface area contributed by atoms with Gasteiger partial charge in [0.15, 0.2) is 0 Å². The summed E-state index contributed by atoms with van der Waals surface area (Å²) in [5, 5.41) is 15.1. The standard InChI is InChI=1S/C29H20Cl2N2O4/c1-36-29(35)20-7-10-22(11-8-20)33-28(34)21(16-32)15-24-23-5-3-2-4-19(23)9-13-27(24)37-17-18-6-12-25(30)26(31)14-18/h2-15H,17H2,1H3,(H,33,34)/b21-15+. The third kappa shape index (κ3) is 6.10. The summed E-state index contributed by atoms with van der Waals surface area (Å²) >= 11 is 12.1. The van der Waals surface area contributed by atoms with E-state index in [1.54, 1.807) is 30.3 Å². The number of benzene rings is 4. The Balaban J connectivity index is 1.64. The second kappa shape index (κ2) is 11.6. The number of ether oxygens (including phenoxy) is 2. The molecule has 4 rings (SSSR count). The first kappa shape index (κ1) is 25.8. The fraction of sp³-hybridized carbons (Fsp3) is 0.0690.